The third kappa shape index (κ3) is 4.64. The number of benzene rings is 1. The van der Waals surface area contributed by atoms with Crippen LogP contribution in [0.2, 0.25) is 0 Å². The first-order chi connectivity index (χ1) is 10.0. The number of nitrogens with one attached hydrogen (secondary N) is 3. The SMILES string of the molecule is O=C(O)/C=C/c1cccc(NC(=O)NC2CNC(=O)C2)c1. The van der Waals surface area contributed by atoms with Gasteiger partial charge in [-0.2, -0.15) is 0 Å². The third-order valence-corrected chi connectivity index (χ3v) is 2.88. The topological polar surface area (TPSA) is 108 Å². The van der Waals surface area contributed by atoms with Gasteiger partial charge in [-0.1, -0.05) is 12.1 Å². The summed E-state index contributed by atoms with van der Waals surface area (Å²) in [5.41, 5.74) is 1.20. The Morgan fingerprint density at radius 2 is 2.19 bits per heavy atom. The average molecular weight is 289 g/mol. The first-order valence-corrected chi connectivity index (χ1v) is 6.38. The van der Waals surface area contributed by atoms with E-state index in [1.165, 1.54) is 6.08 Å². The van der Waals surface area contributed by atoms with Gasteiger partial charge in [0.1, 0.15) is 0 Å². The minimum absolute atomic E-state index is 0.0823. The lowest BCUT2D eigenvalue weighted by Gasteiger charge is -2.12. The second-order valence-electron chi connectivity index (χ2n) is 4.60. The van der Waals surface area contributed by atoms with Crippen molar-refractivity contribution in [2.45, 2.75) is 12.5 Å². The summed E-state index contributed by atoms with van der Waals surface area (Å²) in [6, 6.07) is 6.15. The van der Waals surface area contributed by atoms with Crippen molar-refractivity contribution in [3.05, 3.63) is 35.9 Å². The van der Waals surface area contributed by atoms with Gasteiger partial charge >= 0.3 is 12.0 Å². The highest BCUT2D eigenvalue weighted by atomic mass is 16.4. The van der Waals surface area contributed by atoms with Gasteiger partial charge in [0.15, 0.2) is 0 Å². The molecule has 1 aliphatic heterocycles. The smallest absolute Gasteiger partial charge is 0.328 e. The summed E-state index contributed by atoms with van der Waals surface area (Å²) in [7, 11) is 0. The van der Waals surface area contributed by atoms with Crippen molar-refractivity contribution < 1.29 is 19.5 Å². The number of urea groups is 1. The van der Waals surface area contributed by atoms with E-state index in [0.29, 0.717) is 17.8 Å². The number of hydrogen-bond acceptors (Lipinski definition) is 3. The predicted octanol–water partition coefficient (Wildman–Crippen LogP) is 0.794. The van der Waals surface area contributed by atoms with Gasteiger partial charge in [-0.05, 0) is 23.8 Å². The monoisotopic (exact) mass is 289 g/mol. The summed E-state index contributed by atoms with van der Waals surface area (Å²) in [5, 5.41) is 16.5. The van der Waals surface area contributed by atoms with Crippen molar-refractivity contribution in [1.82, 2.24) is 10.6 Å². The minimum atomic E-state index is -1.04. The van der Waals surface area contributed by atoms with Gasteiger partial charge in [0.2, 0.25) is 5.91 Å². The molecule has 0 aliphatic carbocycles. The van der Waals surface area contributed by atoms with Crippen LogP contribution in [0.1, 0.15) is 12.0 Å². The van der Waals surface area contributed by atoms with Crippen LogP contribution >= 0.6 is 0 Å². The Kier molecular flexibility index (Phi) is 4.55. The van der Waals surface area contributed by atoms with Gasteiger partial charge in [0.25, 0.3) is 0 Å². The summed E-state index contributed by atoms with van der Waals surface area (Å²) in [6.07, 6.45) is 2.73. The van der Waals surface area contributed by atoms with Crippen LogP contribution in [0.25, 0.3) is 6.08 Å². The number of carboxylic acid groups (broad SMARTS) is 1. The zero-order valence-corrected chi connectivity index (χ0v) is 11.1. The molecule has 1 aromatic carbocycles. The summed E-state index contributed by atoms with van der Waals surface area (Å²) in [5.74, 6) is -1.12. The maximum atomic E-state index is 11.8. The molecule has 21 heavy (non-hydrogen) atoms. The molecule has 1 aliphatic rings. The number of carbonyl (C=O) groups is 3. The maximum Gasteiger partial charge on any atom is 0.328 e. The van der Waals surface area contributed by atoms with E-state index in [1.54, 1.807) is 24.3 Å². The van der Waals surface area contributed by atoms with Crippen LogP contribution in [-0.2, 0) is 9.59 Å². The molecule has 7 nitrogen and oxygen atoms in total. The Balaban J connectivity index is 1.93. The van der Waals surface area contributed by atoms with Gasteiger partial charge in [-0.15, -0.1) is 0 Å². The highest BCUT2D eigenvalue weighted by molar-refractivity contribution is 5.91. The fourth-order valence-corrected chi connectivity index (χ4v) is 1.95. The van der Waals surface area contributed by atoms with E-state index < -0.39 is 12.0 Å². The highest BCUT2D eigenvalue weighted by Gasteiger charge is 2.22. The summed E-state index contributed by atoms with van der Waals surface area (Å²) >= 11 is 0. The van der Waals surface area contributed by atoms with Gasteiger partial charge in [-0.3, -0.25) is 4.79 Å². The molecule has 1 saturated heterocycles. The average Bonchev–Trinajstić information content (AvgIpc) is 2.82. The van der Waals surface area contributed by atoms with Gasteiger partial charge in [0.05, 0.1) is 6.04 Å². The number of rotatable bonds is 4. The Labute approximate surface area is 121 Å². The van der Waals surface area contributed by atoms with Crippen molar-refractivity contribution in [2.75, 3.05) is 11.9 Å². The molecule has 1 unspecified atom stereocenters. The van der Waals surface area contributed by atoms with Crippen molar-refractivity contribution in [2.24, 2.45) is 0 Å². The van der Waals surface area contributed by atoms with E-state index in [2.05, 4.69) is 16.0 Å². The Hall–Kier alpha value is -2.83. The van der Waals surface area contributed by atoms with E-state index in [4.69, 9.17) is 5.11 Å². The molecule has 0 aromatic heterocycles. The Morgan fingerprint density at radius 1 is 1.38 bits per heavy atom. The van der Waals surface area contributed by atoms with Crippen molar-refractivity contribution in [3.63, 3.8) is 0 Å². The van der Waals surface area contributed by atoms with Crippen LogP contribution in [-0.4, -0.2) is 35.6 Å². The van der Waals surface area contributed by atoms with Crippen LogP contribution in [0.3, 0.4) is 0 Å². The highest BCUT2D eigenvalue weighted by Crippen LogP contribution is 2.12. The zero-order chi connectivity index (χ0) is 15.2. The number of carboxylic acids is 1. The minimum Gasteiger partial charge on any atom is -0.478 e. The Morgan fingerprint density at radius 3 is 2.86 bits per heavy atom. The van der Waals surface area contributed by atoms with Gasteiger partial charge in [-0.25, -0.2) is 9.59 Å². The molecule has 0 radical (unpaired) electrons. The van der Waals surface area contributed by atoms with E-state index in [-0.39, 0.29) is 18.4 Å². The zero-order valence-electron chi connectivity index (χ0n) is 11.1. The summed E-state index contributed by atoms with van der Waals surface area (Å²) in [6.45, 7) is 0.424. The quantitative estimate of drug-likeness (QED) is 0.615. The normalized spacial score (nSPS) is 17.5. The summed E-state index contributed by atoms with van der Waals surface area (Å²) < 4.78 is 0. The van der Waals surface area contributed by atoms with Gasteiger partial charge < -0.3 is 21.1 Å². The molecular weight excluding hydrogens is 274 g/mol. The van der Waals surface area contributed by atoms with Crippen LogP contribution in [0.5, 0.6) is 0 Å². The van der Waals surface area contributed by atoms with Crippen molar-refractivity contribution >= 4 is 29.7 Å². The molecule has 0 spiro atoms. The van der Waals surface area contributed by atoms with Crippen molar-refractivity contribution in [1.29, 1.82) is 0 Å². The second-order valence-corrected chi connectivity index (χ2v) is 4.60. The fraction of sp³-hybridized carbons (Fsp3) is 0.214. The molecule has 1 atom stereocenters. The van der Waals surface area contributed by atoms with E-state index in [1.807, 2.05) is 0 Å². The largest absolute Gasteiger partial charge is 0.478 e. The molecule has 0 saturated carbocycles. The molecule has 110 valence electrons. The molecule has 2 rings (SSSR count). The molecule has 1 fully saturated rings. The number of anilines is 1. The van der Waals surface area contributed by atoms with Crippen LogP contribution in [0, 0.1) is 0 Å². The summed E-state index contributed by atoms with van der Waals surface area (Å²) in [4.78, 5) is 33.3. The van der Waals surface area contributed by atoms with Gasteiger partial charge in [0, 0.05) is 24.7 Å². The predicted molar refractivity (Wildman–Crippen MR) is 76.7 cm³/mol. The third-order valence-electron chi connectivity index (χ3n) is 2.88. The van der Waals surface area contributed by atoms with Crippen molar-refractivity contribution in [3.8, 4) is 0 Å². The molecule has 4 N–H and O–H groups in total. The van der Waals surface area contributed by atoms with Crippen LogP contribution in [0.15, 0.2) is 30.3 Å². The molecule has 7 heteroatoms. The molecule has 0 bridgehead atoms. The van der Waals surface area contributed by atoms with E-state index in [9.17, 15) is 14.4 Å². The number of hydrogen-bond donors (Lipinski definition) is 4. The lowest BCUT2D eigenvalue weighted by atomic mass is 10.2. The fourth-order valence-electron chi connectivity index (χ4n) is 1.95. The second kappa shape index (κ2) is 6.56. The lowest BCUT2D eigenvalue weighted by molar-refractivity contribution is -0.131. The molecule has 1 aromatic rings. The molecule has 1 heterocycles. The number of aliphatic carboxylic acids is 1. The first kappa shape index (κ1) is 14.6. The van der Waals surface area contributed by atoms with Crippen LogP contribution < -0.4 is 16.0 Å². The number of amides is 3. The maximum absolute atomic E-state index is 11.8. The standard InChI is InChI=1S/C14H15N3O4/c18-12-7-11(8-15-12)17-14(21)16-10-3-1-2-9(6-10)4-5-13(19)20/h1-6,11H,7-8H2,(H,15,18)(H,19,20)(H2,16,17,21)/b5-4+. The van der Waals surface area contributed by atoms with Crippen LogP contribution in [0.4, 0.5) is 10.5 Å². The van der Waals surface area contributed by atoms with E-state index in [0.717, 1.165) is 6.08 Å². The molecular formula is C14H15N3O4. The Bertz CT molecular complexity index is 598. The molecule has 3 amide bonds. The van der Waals surface area contributed by atoms with E-state index >= 15 is 0 Å². The first-order valence-electron chi connectivity index (χ1n) is 6.38. The number of carbonyl (C=O) groups excluding carboxylic acids is 2. The lowest BCUT2D eigenvalue weighted by Crippen LogP contribution is -2.39.